The van der Waals surface area contributed by atoms with E-state index in [-0.39, 0.29) is 33.4 Å². The molecule has 2 aliphatic carbocycles. The highest BCUT2D eigenvalue weighted by Crippen LogP contribution is 2.65. The van der Waals surface area contributed by atoms with Crippen LogP contribution in [-0.4, -0.2) is 49.5 Å². The molecular formula is C21H29N3O4S2. The van der Waals surface area contributed by atoms with E-state index in [9.17, 15) is 13.2 Å². The number of hydrogen-bond donors (Lipinski definition) is 1. The smallest absolute Gasteiger partial charge is 0.257 e. The largest absolute Gasteiger partial charge is 0.431 e. The molecular weight excluding hydrogens is 422 g/mol. The molecule has 7 nitrogen and oxygen atoms in total. The van der Waals surface area contributed by atoms with Gasteiger partial charge in [-0.1, -0.05) is 32.5 Å². The van der Waals surface area contributed by atoms with E-state index in [1.807, 2.05) is 0 Å². The molecule has 0 spiro atoms. The number of thioether (sulfide) groups is 1. The van der Waals surface area contributed by atoms with Gasteiger partial charge in [0.2, 0.25) is 15.9 Å². The van der Waals surface area contributed by atoms with Gasteiger partial charge >= 0.3 is 0 Å². The molecule has 2 aliphatic rings. The van der Waals surface area contributed by atoms with Crippen LogP contribution in [0.3, 0.4) is 0 Å². The quantitative estimate of drug-likeness (QED) is 0.676. The third-order valence-corrected chi connectivity index (χ3v) is 10.2. The Hall–Kier alpha value is -1.58. The van der Waals surface area contributed by atoms with Crippen molar-refractivity contribution in [3.05, 3.63) is 18.2 Å². The van der Waals surface area contributed by atoms with Crippen LogP contribution in [0.25, 0.3) is 11.1 Å². The van der Waals surface area contributed by atoms with Gasteiger partial charge < -0.3 is 9.73 Å². The van der Waals surface area contributed by atoms with Crippen molar-refractivity contribution in [2.45, 2.75) is 56.2 Å². The highest BCUT2D eigenvalue weighted by Gasteiger charge is 2.61. The third kappa shape index (κ3) is 3.35. The van der Waals surface area contributed by atoms with Crippen molar-refractivity contribution in [2.24, 2.45) is 16.7 Å². The number of aromatic nitrogens is 1. The fourth-order valence-electron chi connectivity index (χ4n) is 5.10. The predicted octanol–water partition coefficient (Wildman–Crippen LogP) is 3.50. The summed E-state index contributed by atoms with van der Waals surface area (Å²) in [6, 6.07) is 4.81. The van der Waals surface area contributed by atoms with Gasteiger partial charge in [0.15, 0.2) is 5.58 Å². The molecule has 2 saturated carbocycles. The summed E-state index contributed by atoms with van der Waals surface area (Å²) in [5.74, 6) is 0.866. The average Bonchev–Trinajstić information content (AvgIpc) is 3.24. The highest BCUT2D eigenvalue weighted by molar-refractivity contribution is 7.99. The van der Waals surface area contributed by atoms with Gasteiger partial charge in [-0.05, 0) is 54.2 Å². The molecule has 2 fully saturated rings. The maximum atomic E-state index is 12.6. The summed E-state index contributed by atoms with van der Waals surface area (Å²) in [6.07, 6.45) is 3.46. The number of oxazole rings is 1. The van der Waals surface area contributed by atoms with E-state index in [0.717, 1.165) is 17.1 Å². The third-order valence-electron chi connectivity index (χ3n) is 7.57. The molecule has 3 atom stereocenters. The summed E-state index contributed by atoms with van der Waals surface area (Å²) in [4.78, 5) is 17.1. The minimum absolute atomic E-state index is 0.0206. The van der Waals surface area contributed by atoms with Crippen LogP contribution < -0.4 is 5.32 Å². The fraction of sp³-hybridized carbons (Fsp3) is 0.619. The number of carbonyl (C=O) groups is 1. The van der Waals surface area contributed by atoms with E-state index in [4.69, 9.17) is 4.42 Å². The first-order chi connectivity index (χ1) is 13.9. The molecule has 2 aromatic rings. The molecule has 1 aromatic heterocycles. The fourth-order valence-corrected chi connectivity index (χ4v) is 6.68. The number of rotatable bonds is 6. The van der Waals surface area contributed by atoms with E-state index in [1.54, 1.807) is 6.07 Å². The Kier molecular flexibility index (Phi) is 5.22. The molecule has 0 saturated heterocycles. The van der Waals surface area contributed by atoms with Crippen molar-refractivity contribution in [2.75, 3.05) is 19.8 Å². The number of hydrogen-bond acceptors (Lipinski definition) is 6. The zero-order valence-electron chi connectivity index (χ0n) is 18.1. The Morgan fingerprint density at radius 3 is 2.67 bits per heavy atom. The van der Waals surface area contributed by atoms with Crippen LogP contribution in [-0.2, 0) is 14.8 Å². The Bertz CT molecular complexity index is 1090. The standard InChI is InChI=1S/C21H29N3O4S2/c1-20(2)13-8-9-21(20,3)17(10-13)23-18(25)12-29-19-22-15-11-14(6-7-16(15)28-19)30(26,27)24(4)5/h6-7,11,13,17H,8-10,12H2,1-5H3,(H,23,25)/t13-,17-,21-/m1/s1. The zero-order chi connectivity index (χ0) is 21.9. The lowest BCUT2D eigenvalue weighted by Gasteiger charge is -2.39. The van der Waals surface area contributed by atoms with Crippen LogP contribution in [0.1, 0.15) is 40.0 Å². The second kappa shape index (κ2) is 7.24. The van der Waals surface area contributed by atoms with E-state index in [0.29, 0.717) is 22.2 Å². The summed E-state index contributed by atoms with van der Waals surface area (Å²) in [5, 5.41) is 3.60. The van der Waals surface area contributed by atoms with Gasteiger partial charge in [0.25, 0.3) is 5.22 Å². The van der Waals surface area contributed by atoms with Crippen molar-refractivity contribution in [1.29, 1.82) is 0 Å². The molecule has 0 aliphatic heterocycles. The lowest BCUT2D eigenvalue weighted by Crippen LogP contribution is -2.47. The van der Waals surface area contributed by atoms with Crippen LogP contribution in [0, 0.1) is 16.7 Å². The van der Waals surface area contributed by atoms with Gasteiger partial charge in [-0.3, -0.25) is 4.79 Å². The molecule has 1 heterocycles. The molecule has 1 amide bonds. The Balaban J connectivity index is 1.41. The minimum atomic E-state index is -3.54. The molecule has 4 rings (SSSR count). The molecule has 9 heteroatoms. The zero-order valence-corrected chi connectivity index (χ0v) is 19.7. The lowest BCUT2D eigenvalue weighted by atomic mass is 9.69. The summed E-state index contributed by atoms with van der Waals surface area (Å²) >= 11 is 1.23. The molecule has 164 valence electrons. The normalized spacial score (nSPS) is 27.8. The maximum absolute atomic E-state index is 12.6. The van der Waals surface area contributed by atoms with Gasteiger partial charge in [-0.25, -0.2) is 17.7 Å². The number of benzene rings is 1. The number of sulfonamides is 1. The predicted molar refractivity (Wildman–Crippen MR) is 117 cm³/mol. The van der Waals surface area contributed by atoms with Crippen molar-refractivity contribution in [3.8, 4) is 0 Å². The molecule has 2 bridgehead atoms. The van der Waals surface area contributed by atoms with Crippen LogP contribution in [0.2, 0.25) is 0 Å². The number of nitrogens with zero attached hydrogens (tertiary/aromatic N) is 2. The maximum Gasteiger partial charge on any atom is 0.257 e. The number of amides is 1. The second-order valence-electron chi connectivity index (χ2n) is 9.42. The van der Waals surface area contributed by atoms with E-state index < -0.39 is 10.0 Å². The van der Waals surface area contributed by atoms with Gasteiger partial charge in [-0.15, -0.1) is 0 Å². The first-order valence-corrected chi connectivity index (χ1v) is 12.6. The van der Waals surface area contributed by atoms with Crippen LogP contribution in [0.4, 0.5) is 0 Å². The van der Waals surface area contributed by atoms with Crippen LogP contribution in [0.15, 0.2) is 32.7 Å². The van der Waals surface area contributed by atoms with Gasteiger partial charge in [0, 0.05) is 20.1 Å². The molecule has 0 unspecified atom stereocenters. The summed E-state index contributed by atoms with van der Waals surface area (Å²) in [6.45, 7) is 6.96. The number of carbonyl (C=O) groups excluding carboxylic acids is 1. The van der Waals surface area contributed by atoms with Gasteiger partial charge in [-0.2, -0.15) is 0 Å². The van der Waals surface area contributed by atoms with Crippen molar-refractivity contribution in [3.63, 3.8) is 0 Å². The van der Waals surface area contributed by atoms with Crippen molar-refractivity contribution in [1.82, 2.24) is 14.6 Å². The second-order valence-corrected chi connectivity index (χ2v) is 12.5. The average molecular weight is 452 g/mol. The topological polar surface area (TPSA) is 92.5 Å². The molecule has 30 heavy (non-hydrogen) atoms. The van der Waals surface area contributed by atoms with Gasteiger partial charge in [0.1, 0.15) is 5.52 Å². The van der Waals surface area contributed by atoms with Crippen LogP contribution in [0.5, 0.6) is 0 Å². The number of nitrogens with one attached hydrogen (secondary N) is 1. The van der Waals surface area contributed by atoms with Crippen molar-refractivity contribution >= 4 is 38.8 Å². The summed E-state index contributed by atoms with van der Waals surface area (Å²) in [7, 11) is -0.565. The summed E-state index contributed by atoms with van der Waals surface area (Å²) in [5.41, 5.74) is 1.36. The van der Waals surface area contributed by atoms with Crippen LogP contribution >= 0.6 is 11.8 Å². The van der Waals surface area contributed by atoms with E-state index >= 15 is 0 Å². The SMILES string of the molecule is CN(C)S(=O)(=O)c1ccc2oc(SCC(=O)N[C@@H]3C[C@H]4CC[C@@]3(C)C4(C)C)nc2c1. The van der Waals surface area contributed by atoms with Crippen molar-refractivity contribution < 1.29 is 17.6 Å². The lowest BCUT2D eigenvalue weighted by molar-refractivity contribution is -0.120. The Morgan fingerprint density at radius 2 is 2.07 bits per heavy atom. The Labute approximate surface area is 182 Å². The minimum Gasteiger partial charge on any atom is -0.431 e. The van der Waals surface area contributed by atoms with E-state index in [2.05, 4.69) is 31.1 Å². The first kappa shape index (κ1) is 21.6. The molecule has 1 N–H and O–H groups in total. The number of fused-ring (bicyclic) bond motifs is 3. The first-order valence-electron chi connectivity index (χ1n) is 10.2. The molecule has 0 radical (unpaired) electrons. The van der Waals surface area contributed by atoms with E-state index in [1.165, 1.54) is 44.4 Å². The summed E-state index contributed by atoms with van der Waals surface area (Å²) < 4.78 is 31.4. The highest BCUT2D eigenvalue weighted by atomic mass is 32.2. The Morgan fingerprint density at radius 1 is 1.33 bits per heavy atom. The van der Waals surface area contributed by atoms with Gasteiger partial charge in [0.05, 0.1) is 10.6 Å². The molecule has 1 aromatic carbocycles. The monoisotopic (exact) mass is 451 g/mol.